The summed E-state index contributed by atoms with van der Waals surface area (Å²) in [5.74, 6) is 5.63. The van der Waals surface area contributed by atoms with Crippen molar-refractivity contribution < 1.29 is 0 Å². The van der Waals surface area contributed by atoms with E-state index in [4.69, 9.17) is 5.84 Å². The summed E-state index contributed by atoms with van der Waals surface area (Å²) in [4.78, 5) is 5.59. The Morgan fingerprint density at radius 1 is 1.38 bits per heavy atom. The number of hydrazine groups is 1. The Balaban J connectivity index is 2.40. The second-order valence-corrected chi connectivity index (χ2v) is 4.77. The molecule has 0 aliphatic heterocycles. The second kappa shape index (κ2) is 4.74. The molecule has 2 heterocycles. The second-order valence-electron chi connectivity index (χ2n) is 3.83. The highest BCUT2D eigenvalue weighted by molar-refractivity contribution is 7.10. The summed E-state index contributed by atoms with van der Waals surface area (Å²) in [6.07, 6.45) is 1.82. The maximum atomic E-state index is 5.63. The van der Waals surface area contributed by atoms with Crippen molar-refractivity contribution in [3.8, 4) is 0 Å². The van der Waals surface area contributed by atoms with Gasteiger partial charge in [0.1, 0.15) is 0 Å². The van der Waals surface area contributed by atoms with Crippen LogP contribution in [0.5, 0.6) is 0 Å². The van der Waals surface area contributed by atoms with E-state index in [1.54, 1.807) is 11.3 Å². The largest absolute Gasteiger partial charge is 0.270 e. The average molecular weight is 233 g/mol. The van der Waals surface area contributed by atoms with Gasteiger partial charge in [-0.1, -0.05) is 0 Å². The number of thiophene rings is 1. The molecule has 0 aliphatic carbocycles. The standard InChI is InChI=1S/C12H15N3S/c1-8-3-5-14-10(7-8)11(15-13)12-9(2)4-6-16-12/h3-7,11,15H,13H2,1-2H3. The smallest absolute Gasteiger partial charge is 0.0975 e. The number of nitrogens with one attached hydrogen (secondary N) is 1. The molecule has 0 saturated carbocycles. The zero-order valence-corrected chi connectivity index (χ0v) is 10.2. The first-order valence-electron chi connectivity index (χ1n) is 5.15. The van der Waals surface area contributed by atoms with Crippen LogP contribution in [0, 0.1) is 13.8 Å². The Hall–Kier alpha value is -1.23. The summed E-state index contributed by atoms with van der Waals surface area (Å²) >= 11 is 1.70. The molecule has 0 fully saturated rings. The molecule has 0 spiro atoms. The van der Waals surface area contributed by atoms with Crippen LogP contribution in [0.1, 0.15) is 27.7 Å². The van der Waals surface area contributed by atoms with Crippen LogP contribution in [0.4, 0.5) is 0 Å². The van der Waals surface area contributed by atoms with Crippen LogP contribution in [-0.2, 0) is 0 Å². The van der Waals surface area contributed by atoms with E-state index in [0.717, 1.165) is 5.69 Å². The Kier molecular flexibility index (Phi) is 3.33. The fourth-order valence-corrected chi connectivity index (χ4v) is 2.69. The van der Waals surface area contributed by atoms with Crippen LogP contribution < -0.4 is 11.3 Å². The summed E-state index contributed by atoms with van der Waals surface area (Å²) < 4.78 is 0. The maximum Gasteiger partial charge on any atom is 0.0975 e. The van der Waals surface area contributed by atoms with E-state index in [-0.39, 0.29) is 6.04 Å². The normalized spacial score (nSPS) is 12.7. The van der Waals surface area contributed by atoms with Crippen LogP contribution in [0.2, 0.25) is 0 Å². The summed E-state index contributed by atoms with van der Waals surface area (Å²) in [5.41, 5.74) is 6.24. The van der Waals surface area contributed by atoms with Gasteiger partial charge in [0.2, 0.25) is 0 Å². The van der Waals surface area contributed by atoms with E-state index in [1.807, 2.05) is 12.3 Å². The molecule has 4 heteroatoms. The number of aryl methyl sites for hydroxylation is 2. The lowest BCUT2D eigenvalue weighted by atomic mass is 10.1. The summed E-state index contributed by atoms with van der Waals surface area (Å²) in [5, 5.41) is 2.07. The first kappa shape index (κ1) is 11.3. The van der Waals surface area contributed by atoms with Crippen LogP contribution in [0.3, 0.4) is 0 Å². The summed E-state index contributed by atoms with van der Waals surface area (Å²) in [7, 11) is 0. The lowest BCUT2D eigenvalue weighted by Crippen LogP contribution is -2.29. The first-order chi connectivity index (χ1) is 7.72. The van der Waals surface area contributed by atoms with Crippen LogP contribution in [-0.4, -0.2) is 4.98 Å². The molecule has 1 unspecified atom stereocenters. The van der Waals surface area contributed by atoms with E-state index in [0.29, 0.717) is 0 Å². The molecule has 2 aromatic heterocycles. The Bertz CT molecular complexity index is 479. The van der Waals surface area contributed by atoms with Crippen LogP contribution in [0.15, 0.2) is 29.8 Å². The predicted octanol–water partition coefficient (Wildman–Crippen LogP) is 2.31. The molecule has 16 heavy (non-hydrogen) atoms. The van der Waals surface area contributed by atoms with Crippen molar-refractivity contribution in [1.29, 1.82) is 0 Å². The number of aromatic nitrogens is 1. The molecule has 0 saturated heterocycles. The molecule has 0 aliphatic rings. The summed E-state index contributed by atoms with van der Waals surface area (Å²) in [6, 6.07) is 6.13. The maximum absolute atomic E-state index is 5.63. The van der Waals surface area contributed by atoms with Crippen LogP contribution in [0.25, 0.3) is 0 Å². The third-order valence-corrected chi connectivity index (χ3v) is 3.65. The number of rotatable bonds is 3. The van der Waals surface area contributed by atoms with Gasteiger partial charge in [-0.05, 0) is 48.6 Å². The first-order valence-corrected chi connectivity index (χ1v) is 6.03. The number of hydrogen-bond donors (Lipinski definition) is 2. The Labute approximate surface area is 99.3 Å². The minimum absolute atomic E-state index is 0.0140. The van der Waals surface area contributed by atoms with E-state index in [1.165, 1.54) is 16.0 Å². The highest BCUT2D eigenvalue weighted by atomic mass is 32.1. The summed E-state index contributed by atoms with van der Waals surface area (Å²) in [6.45, 7) is 4.14. The number of hydrogen-bond acceptors (Lipinski definition) is 4. The SMILES string of the molecule is Cc1ccnc(C(NN)c2sccc2C)c1. The lowest BCUT2D eigenvalue weighted by Gasteiger charge is -2.15. The molecule has 3 nitrogen and oxygen atoms in total. The minimum Gasteiger partial charge on any atom is -0.270 e. The van der Waals surface area contributed by atoms with Gasteiger partial charge in [0.25, 0.3) is 0 Å². The van der Waals surface area contributed by atoms with Gasteiger partial charge in [0.15, 0.2) is 0 Å². The molecule has 0 aromatic carbocycles. The van der Waals surface area contributed by atoms with Crippen molar-refractivity contribution in [3.05, 3.63) is 51.5 Å². The highest BCUT2D eigenvalue weighted by Gasteiger charge is 2.16. The van der Waals surface area contributed by atoms with Crippen LogP contribution >= 0.6 is 11.3 Å². The quantitative estimate of drug-likeness (QED) is 0.632. The minimum atomic E-state index is -0.0140. The van der Waals surface area contributed by atoms with Gasteiger partial charge < -0.3 is 0 Å². The van der Waals surface area contributed by atoms with Gasteiger partial charge in [0.05, 0.1) is 11.7 Å². The van der Waals surface area contributed by atoms with Crippen molar-refractivity contribution in [2.45, 2.75) is 19.9 Å². The number of pyridine rings is 1. The van der Waals surface area contributed by atoms with Gasteiger partial charge in [-0.25, -0.2) is 5.43 Å². The fraction of sp³-hybridized carbons (Fsp3) is 0.250. The fourth-order valence-electron chi connectivity index (χ4n) is 1.69. The zero-order valence-electron chi connectivity index (χ0n) is 9.40. The predicted molar refractivity (Wildman–Crippen MR) is 67.2 cm³/mol. The van der Waals surface area contributed by atoms with E-state index in [2.05, 4.69) is 41.8 Å². The molecular weight excluding hydrogens is 218 g/mol. The number of nitrogens with two attached hydrogens (primary N) is 1. The van der Waals surface area contributed by atoms with Gasteiger partial charge in [0, 0.05) is 11.1 Å². The van der Waals surface area contributed by atoms with Crippen molar-refractivity contribution >= 4 is 11.3 Å². The topological polar surface area (TPSA) is 50.9 Å². The van der Waals surface area contributed by atoms with Crippen molar-refractivity contribution in [2.75, 3.05) is 0 Å². The van der Waals surface area contributed by atoms with Gasteiger partial charge >= 0.3 is 0 Å². The van der Waals surface area contributed by atoms with Crippen molar-refractivity contribution in [1.82, 2.24) is 10.4 Å². The van der Waals surface area contributed by atoms with Crippen molar-refractivity contribution in [3.63, 3.8) is 0 Å². The molecule has 2 rings (SSSR count). The molecular formula is C12H15N3S. The average Bonchev–Trinajstić information content (AvgIpc) is 2.67. The molecule has 3 N–H and O–H groups in total. The van der Waals surface area contributed by atoms with Crippen molar-refractivity contribution in [2.24, 2.45) is 5.84 Å². The molecule has 0 bridgehead atoms. The van der Waals surface area contributed by atoms with Gasteiger partial charge in [-0.15, -0.1) is 11.3 Å². The Morgan fingerprint density at radius 2 is 2.19 bits per heavy atom. The van der Waals surface area contributed by atoms with Gasteiger partial charge in [-0.2, -0.15) is 0 Å². The highest BCUT2D eigenvalue weighted by Crippen LogP contribution is 2.27. The number of nitrogens with zero attached hydrogens (tertiary/aromatic N) is 1. The van der Waals surface area contributed by atoms with E-state index >= 15 is 0 Å². The molecule has 0 radical (unpaired) electrons. The zero-order chi connectivity index (χ0) is 11.5. The Morgan fingerprint density at radius 3 is 2.75 bits per heavy atom. The van der Waals surface area contributed by atoms with E-state index in [9.17, 15) is 0 Å². The molecule has 2 aromatic rings. The molecule has 0 amide bonds. The lowest BCUT2D eigenvalue weighted by molar-refractivity contribution is 0.627. The molecule has 84 valence electrons. The third kappa shape index (κ3) is 2.14. The van der Waals surface area contributed by atoms with Gasteiger partial charge in [-0.3, -0.25) is 10.8 Å². The third-order valence-electron chi connectivity index (χ3n) is 2.56. The molecule has 1 atom stereocenters. The monoisotopic (exact) mass is 233 g/mol. The van der Waals surface area contributed by atoms with E-state index < -0.39 is 0 Å².